The first-order chi connectivity index (χ1) is 31.2. The highest BCUT2D eigenvalue weighted by molar-refractivity contribution is 7.80. The predicted octanol–water partition coefficient (Wildman–Crippen LogP) is 0.290. The molecule has 5 saturated heterocycles. The van der Waals surface area contributed by atoms with Gasteiger partial charge in [-0.05, 0) is 93.3 Å². The van der Waals surface area contributed by atoms with Crippen molar-refractivity contribution in [1.82, 2.24) is 0 Å². The summed E-state index contributed by atoms with van der Waals surface area (Å²) in [5, 5.41) is 88.0. The Bertz CT molecular complexity index is 1970. The number of fused-ring (bicyclic) bond motifs is 4. The van der Waals surface area contributed by atoms with Crippen LogP contribution in [-0.4, -0.2) is 184 Å². The lowest BCUT2D eigenvalue weighted by molar-refractivity contribution is -0.384. The van der Waals surface area contributed by atoms with Gasteiger partial charge in [0.1, 0.15) is 61.0 Å². The van der Waals surface area contributed by atoms with Crippen LogP contribution in [-0.2, 0) is 52.5 Å². The van der Waals surface area contributed by atoms with Gasteiger partial charge in [0.15, 0.2) is 24.7 Å². The molecular formula is C46H74O20S. The summed E-state index contributed by atoms with van der Waals surface area (Å²) >= 11 is 0. The van der Waals surface area contributed by atoms with Crippen molar-refractivity contribution in [3.05, 3.63) is 11.6 Å². The van der Waals surface area contributed by atoms with E-state index >= 15 is 0 Å². The largest absolute Gasteiger partial charge is 0.397 e. The molecule has 9 rings (SSSR count). The van der Waals surface area contributed by atoms with Crippen molar-refractivity contribution in [2.45, 2.75) is 191 Å². The third-order valence-electron chi connectivity index (χ3n) is 18.8. The highest BCUT2D eigenvalue weighted by atomic mass is 32.3. The summed E-state index contributed by atoms with van der Waals surface area (Å²) in [5.41, 5.74) is -0.719. The quantitative estimate of drug-likeness (QED) is 0.0808. The number of aliphatic hydroxyl groups is 8. The van der Waals surface area contributed by atoms with Crippen LogP contribution in [0.2, 0.25) is 0 Å². The molecule has 2 spiro atoms. The van der Waals surface area contributed by atoms with Crippen LogP contribution in [0.3, 0.4) is 0 Å². The molecule has 0 radical (unpaired) electrons. The number of allylic oxidation sites excluding steroid dienone is 1. The molecular weight excluding hydrogens is 905 g/mol. The average molecular weight is 979 g/mol. The molecule has 9 N–H and O–H groups in total. The van der Waals surface area contributed by atoms with E-state index in [4.69, 9.17) is 42.4 Å². The fourth-order valence-corrected chi connectivity index (χ4v) is 15.9. The van der Waals surface area contributed by atoms with Crippen LogP contribution in [0.1, 0.15) is 93.4 Å². The minimum Gasteiger partial charge on any atom is -0.389 e. The number of aliphatic hydroxyl groups excluding tert-OH is 7. The zero-order chi connectivity index (χ0) is 48.6. The SMILES string of the molecule is CC(C)=C[C@@H]1CO[C@]23C[C@]4(CO2)[C@@H](CC[C@@H]2[C@@]5(C)CC[C@H](O[C@@H]6OC[C@H](O)[C@H](O[C@@H]7O[C@H](COS(=O)(=O)O)[C@@H](O)[C@H](O)[C@H]7O)[C@H]6O[C@@H]6OC[C@H](O)[C@H](O)[C@H]6O)C(C)(C)[C@H]5CC[C@]24C)[C@H]3[C@@]1(C)O. The third kappa shape index (κ3) is 8.13. The van der Waals surface area contributed by atoms with E-state index in [0.29, 0.717) is 25.6 Å². The molecule has 5 aliphatic heterocycles. The maximum Gasteiger partial charge on any atom is 0.397 e. The minimum absolute atomic E-state index is 0.102. The molecule has 9 fully saturated rings. The first-order valence-electron chi connectivity index (χ1n) is 24.1. The normalized spacial score (nSPS) is 54.9. The molecule has 5 heterocycles. The van der Waals surface area contributed by atoms with Gasteiger partial charge in [-0.1, -0.05) is 39.3 Å². The van der Waals surface area contributed by atoms with Crippen LogP contribution in [0, 0.1) is 51.2 Å². The van der Waals surface area contributed by atoms with Gasteiger partial charge in [-0.3, -0.25) is 4.55 Å². The van der Waals surface area contributed by atoms with Gasteiger partial charge in [-0.25, -0.2) is 4.18 Å². The molecule has 0 aromatic rings. The minimum atomic E-state index is -5.01. The van der Waals surface area contributed by atoms with Crippen LogP contribution < -0.4 is 0 Å². The Morgan fingerprint density at radius 3 is 2.09 bits per heavy atom. The second-order valence-electron chi connectivity index (χ2n) is 23.0. The van der Waals surface area contributed by atoms with E-state index in [1.807, 2.05) is 6.92 Å². The highest BCUT2D eigenvalue weighted by Gasteiger charge is 2.81. The first kappa shape index (κ1) is 50.9. The average Bonchev–Trinajstić information content (AvgIpc) is 3.78. The van der Waals surface area contributed by atoms with Gasteiger partial charge in [0.25, 0.3) is 0 Å². The van der Waals surface area contributed by atoms with E-state index in [1.54, 1.807) is 0 Å². The molecule has 384 valence electrons. The summed E-state index contributed by atoms with van der Waals surface area (Å²) in [4.78, 5) is 0. The topological polar surface area (TPSA) is 299 Å². The Morgan fingerprint density at radius 2 is 1.39 bits per heavy atom. The molecule has 24 atom stereocenters. The lowest BCUT2D eigenvalue weighted by atomic mass is 9.35. The van der Waals surface area contributed by atoms with Gasteiger partial charge in [0.2, 0.25) is 0 Å². The van der Waals surface area contributed by atoms with Crippen molar-refractivity contribution in [1.29, 1.82) is 0 Å². The Hall–Kier alpha value is -1.03. The molecule has 21 heteroatoms. The van der Waals surface area contributed by atoms with Crippen molar-refractivity contribution in [3.8, 4) is 0 Å². The fourth-order valence-electron chi connectivity index (χ4n) is 15.6. The van der Waals surface area contributed by atoms with Gasteiger partial charge < -0.3 is 78.7 Å². The fraction of sp³-hybridized carbons (Fsp3) is 0.957. The smallest absolute Gasteiger partial charge is 0.389 e. The Kier molecular flexibility index (Phi) is 13.4. The number of rotatable bonds is 10. The molecule has 20 nitrogen and oxygen atoms in total. The summed E-state index contributed by atoms with van der Waals surface area (Å²) < 4.78 is 86.5. The van der Waals surface area contributed by atoms with Crippen molar-refractivity contribution >= 4 is 10.4 Å². The van der Waals surface area contributed by atoms with E-state index in [-0.39, 0.29) is 46.5 Å². The number of ether oxygens (including phenoxy) is 8. The van der Waals surface area contributed by atoms with E-state index in [0.717, 1.165) is 44.1 Å². The van der Waals surface area contributed by atoms with Gasteiger partial charge in [0.05, 0.1) is 44.7 Å². The Labute approximate surface area is 392 Å². The predicted molar refractivity (Wildman–Crippen MR) is 229 cm³/mol. The summed E-state index contributed by atoms with van der Waals surface area (Å²) in [5.74, 6) is -0.350. The zero-order valence-corrected chi connectivity index (χ0v) is 40.3. The first-order valence-corrected chi connectivity index (χ1v) is 25.5. The molecule has 0 aromatic carbocycles. The summed E-state index contributed by atoms with van der Waals surface area (Å²) in [6.45, 7) is 14.6. The molecule has 9 aliphatic rings. The molecule has 67 heavy (non-hydrogen) atoms. The standard InChI is InChI=1S/C46H74O20S/c1-21(2)14-22-15-60-46-19-45(20-61-46)23(37(46)44(22,7)54)8-9-28-42(5)12-11-29(41(3,4)27(42)10-13-43(28,45)6)64-40-36(66-38-33(52)30(49)24(47)16-58-38)35(25(48)17-59-40)65-39-34(53)32(51)31(50)26(63-39)18-62-67(55,56)57/h14,22-40,47-54H,8-13,15-20H2,1-7H3,(H,55,56,57)/t22-,23+,24+,25+,26-,27-,28-,29+,30+,31-,32+,33-,34-,35+,36-,37+,38+,39+,40+,42+,43-,44+,45+,46-/m1/s1. The number of hydrogen-bond donors (Lipinski definition) is 9. The van der Waals surface area contributed by atoms with Crippen LogP contribution >= 0.6 is 0 Å². The molecule has 4 saturated carbocycles. The van der Waals surface area contributed by atoms with Crippen LogP contribution in [0.5, 0.6) is 0 Å². The Morgan fingerprint density at radius 1 is 0.716 bits per heavy atom. The van der Waals surface area contributed by atoms with Crippen LogP contribution in [0.15, 0.2) is 11.6 Å². The van der Waals surface area contributed by atoms with Gasteiger partial charge in [0, 0.05) is 23.7 Å². The third-order valence-corrected chi connectivity index (χ3v) is 19.3. The van der Waals surface area contributed by atoms with Crippen LogP contribution in [0.4, 0.5) is 0 Å². The molecule has 4 aliphatic carbocycles. The highest BCUT2D eigenvalue weighted by Crippen LogP contribution is 2.80. The van der Waals surface area contributed by atoms with E-state index in [9.17, 15) is 49.3 Å². The van der Waals surface area contributed by atoms with Crippen molar-refractivity contribution in [2.24, 2.45) is 51.2 Å². The zero-order valence-electron chi connectivity index (χ0n) is 39.5. The van der Waals surface area contributed by atoms with Crippen LogP contribution in [0.25, 0.3) is 0 Å². The number of hydrogen-bond acceptors (Lipinski definition) is 19. The Balaban J connectivity index is 0.965. The van der Waals surface area contributed by atoms with Crippen molar-refractivity contribution < 1.29 is 95.9 Å². The van der Waals surface area contributed by atoms with E-state index in [2.05, 4.69) is 51.8 Å². The summed E-state index contributed by atoms with van der Waals surface area (Å²) in [6, 6.07) is 0. The van der Waals surface area contributed by atoms with Crippen molar-refractivity contribution in [2.75, 3.05) is 33.0 Å². The summed E-state index contributed by atoms with van der Waals surface area (Å²) in [6.07, 6.45) is -14.1. The van der Waals surface area contributed by atoms with E-state index < -0.39 is 126 Å². The maximum atomic E-state index is 12.4. The monoisotopic (exact) mass is 978 g/mol. The van der Waals surface area contributed by atoms with Gasteiger partial charge in [-0.15, -0.1) is 0 Å². The molecule has 0 aromatic heterocycles. The van der Waals surface area contributed by atoms with Gasteiger partial charge >= 0.3 is 10.4 Å². The molecule has 0 amide bonds. The van der Waals surface area contributed by atoms with E-state index in [1.165, 1.54) is 0 Å². The van der Waals surface area contributed by atoms with Gasteiger partial charge in [-0.2, -0.15) is 8.42 Å². The second-order valence-corrected chi connectivity index (χ2v) is 24.1. The lowest BCUT2D eigenvalue weighted by Gasteiger charge is -2.70. The molecule has 0 unspecified atom stereocenters. The lowest BCUT2D eigenvalue weighted by Crippen LogP contribution is -2.68. The second kappa shape index (κ2) is 17.6. The van der Waals surface area contributed by atoms with Crippen molar-refractivity contribution in [3.63, 3.8) is 0 Å². The molecule has 2 bridgehead atoms. The summed E-state index contributed by atoms with van der Waals surface area (Å²) in [7, 11) is -5.01. The maximum absolute atomic E-state index is 12.4.